The van der Waals surface area contributed by atoms with Gasteiger partial charge in [0, 0.05) is 0 Å². The fourth-order valence-electron chi connectivity index (χ4n) is 0.395. The number of hydrogen-bond acceptors (Lipinski definition) is 1. The lowest BCUT2D eigenvalue weighted by Crippen LogP contribution is -1.80. The van der Waals surface area contributed by atoms with Crippen molar-refractivity contribution in [2.75, 3.05) is 0 Å². The highest BCUT2D eigenvalue weighted by Crippen LogP contribution is 2.18. The van der Waals surface area contributed by atoms with Crippen LogP contribution in [-0.4, -0.2) is 4.98 Å². The molecule has 0 atom stereocenters. The third-order valence-electron chi connectivity index (χ3n) is 0.769. The van der Waals surface area contributed by atoms with Gasteiger partial charge in [-0.15, -0.1) is 0 Å². The summed E-state index contributed by atoms with van der Waals surface area (Å²) >= 11 is 11.0. The van der Waals surface area contributed by atoms with Crippen molar-refractivity contribution in [3.63, 3.8) is 0 Å². The monoisotopic (exact) mass is 317 g/mol. The Morgan fingerprint density at radius 2 is 2.22 bits per heavy atom. The Morgan fingerprint density at radius 3 is 2.67 bits per heavy atom. The van der Waals surface area contributed by atoms with E-state index in [0.717, 1.165) is 8.30 Å². The van der Waals surface area contributed by atoms with Crippen LogP contribution in [0.3, 0.4) is 0 Å². The summed E-state index contributed by atoms with van der Waals surface area (Å²) in [5, 5.41) is 0.693. The van der Waals surface area contributed by atoms with Gasteiger partial charge in [0.05, 0.1) is 5.02 Å². The lowest BCUT2D eigenvalue weighted by molar-refractivity contribution is 1.23. The molecular formula is C5H2BrClIN. The average Bonchev–Trinajstić information content (AvgIpc) is 1.80. The van der Waals surface area contributed by atoms with E-state index in [-0.39, 0.29) is 0 Å². The molecule has 0 fully saturated rings. The molecule has 0 unspecified atom stereocenters. The molecule has 0 aliphatic heterocycles. The van der Waals surface area contributed by atoms with E-state index in [1.807, 2.05) is 6.07 Å². The molecule has 0 aliphatic rings. The van der Waals surface area contributed by atoms with Crippen LogP contribution in [0, 0.1) is 3.70 Å². The maximum Gasteiger partial charge on any atom is 0.121 e. The van der Waals surface area contributed by atoms with Gasteiger partial charge in [0.2, 0.25) is 0 Å². The van der Waals surface area contributed by atoms with E-state index in [0.29, 0.717) is 5.02 Å². The number of aromatic nitrogens is 1. The van der Waals surface area contributed by atoms with E-state index in [9.17, 15) is 0 Å². The summed E-state index contributed by atoms with van der Waals surface area (Å²) in [4.78, 5) is 4.04. The summed E-state index contributed by atoms with van der Waals surface area (Å²) in [6, 6.07) is 3.62. The summed E-state index contributed by atoms with van der Waals surface area (Å²) in [6.45, 7) is 0. The van der Waals surface area contributed by atoms with Gasteiger partial charge in [-0.2, -0.15) is 0 Å². The SMILES string of the molecule is Clc1ccc(Br)nc1I. The summed E-state index contributed by atoms with van der Waals surface area (Å²) in [7, 11) is 0. The summed E-state index contributed by atoms with van der Waals surface area (Å²) in [5.41, 5.74) is 0. The highest BCUT2D eigenvalue weighted by Gasteiger charge is 1.95. The molecular weight excluding hydrogens is 316 g/mol. The van der Waals surface area contributed by atoms with Crippen LogP contribution >= 0.6 is 50.1 Å². The zero-order valence-electron chi connectivity index (χ0n) is 4.24. The molecule has 0 aromatic carbocycles. The Bertz CT molecular complexity index is 228. The molecule has 4 heteroatoms. The average molecular weight is 318 g/mol. The van der Waals surface area contributed by atoms with Crippen molar-refractivity contribution < 1.29 is 0 Å². The standard InChI is InChI=1S/C5H2BrClIN/c6-4-2-1-3(7)5(8)9-4/h1-2H. The minimum atomic E-state index is 0.693. The largest absolute Gasteiger partial charge is 0.233 e. The van der Waals surface area contributed by atoms with Crippen LogP contribution < -0.4 is 0 Å². The molecule has 1 rings (SSSR count). The van der Waals surface area contributed by atoms with Crippen molar-refractivity contribution in [3.8, 4) is 0 Å². The molecule has 1 aromatic heterocycles. The van der Waals surface area contributed by atoms with E-state index in [2.05, 4.69) is 43.5 Å². The van der Waals surface area contributed by atoms with Crippen molar-refractivity contribution in [2.45, 2.75) is 0 Å². The van der Waals surface area contributed by atoms with Gasteiger partial charge in [-0.25, -0.2) is 4.98 Å². The van der Waals surface area contributed by atoms with E-state index < -0.39 is 0 Å². The first-order valence-electron chi connectivity index (χ1n) is 2.17. The first-order chi connectivity index (χ1) is 4.20. The van der Waals surface area contributed by atoms with Gasteiger partial charge >= 0.3 is 0 Å². The Balaban J connectivity index is 3.17. The van der Waals surface area contributed by atoms with Gasteiger partial charge in [-0.05, 0) is 50.7 Å². The Kier molecular flexibility index (Phi) is 2.73. The molecule has 0 saturated carbocycles. The fraction of sp³-hybridized carbons (Fsp3) is 0. The number of hydrogen-bond donors (Lipinski definition) is 0. The van der Waals surface area contributed by atoms with Crippen molar-refractivity contribution in [2.24, 2.45) is 0 Å². The fourth-order valence-corrected chi connectivity index (χ4v) is 1.58. The zero-order valence-corrected chi connectivity index (χ0v) is 8.74. The number of halogens is 3. The first-order valence-corrected chi connectivity index (χ1v) is 4.42. The van der Waals surface area contributed by atoms with Crippen LogP contribution in [0.1, 0.15) is 0 Å². The van der Waals surface area contributed by atoms with Gasteiger partial charge in [0.15, 0.2) is 0 Å². The van der Waals surface area contributed by atoms with Crippen LogP contribution in [0.25, 0.3) is 0 Å². The summed E-state index contributed by atoms with van der Waals surface area (Å²) in [6.07, 6.45) is 0. The van der Waals surface area contributed by atoms with Crippen LogP contribution in [-0.2, 0) is 0 Å². The minimum Gasteiger partial charge on any atom is -0.233 e. The highest BCUT2D eigenvalue weighted by atomic mass is 127. The molecule has 0 spiro atoms. The second-order valence-electron chi connectivity index (χ2n) is 1.41. The molecule has 0 radical (unpaired) electrons. The third-order valence-corrected chi connectivity index (χ3v) is 2.66. The molecule has 0 aliphatic carbocycles. The normalized spacial score (nSPS) is 9.67. The van der Waals surface area contributed by atoms with E-state index in [4.69, 9.17) is 11.6 Å². The van der Waals surface area contributed by atoms with Gasteiger partial charge in [-0.3, -0.25) is 0 Å². The third kappa shape index (κ3) is 2.05. The number of rotatable bonds is 0. The molecule has 1 heterocycles. The van der Waals surface area contributed by atoms with Crippen molar-refractivity contribution in [1.29, 1.82) is 0 Å². The molecule has 0 amide bonds. The number of pyridine rings is 1. The van der Waals surface area contributed by atoms with Gasteiger partial charge in [-0.1, -0.05) is 11.6 Å². The topological polar surface area (TPSA) is 12.9 Å². The van der Waals surface area contributed by atoms with Gasteiger partial charge in [0.1, 0.15) is 8.30 Å². The van der Waals surface area contributed by atoms with Crippen molar-refractivity contribution in [1.82, 2.24) is 4.98 Å². The van der Waals surface area contributed by atoms with Crippen LogP contribution in [0.5, 0.6) is 0 Å². The molecule has 9 heavy (non-hydrogen) atoms. The van der Waals surface area contributed by atoms with E-state index >= 15 is 0 Å². The maximum atomic E-state index is 5.69. The molecule has 0 bridgehead atoms. The molecule has 0 N–H and O–H groups in total. The maximum absolute atomic E-state index is 5.69. The zero-order chi connectivity index (χ0) is 6.85. The second kappa shape index (κ2) is 3.16. The first kappa shape index (κ1) is 7.75. The van der Waals surface area contributed by atoms with Crippen LogP contribution in [0.2, 0.25) is 5.02 Å². The molecule has 1 aromatic rings. The molecule has 48 valence electrons. The minimum absolute atomic E-state index is 0.693. The van der Waals surface area contributed by atoms with Crippen LogP contribution in [0.4, 0.5) is 0 Å². The Hall–Kier alpha value is 0.650. The van der Waals surface area contributed by atoms with Crippen molar-refractivity contribution >= 4 is 50.1 Å². The highest BCUT2D eigenvalue weighted by molar-refractivity contribution is 14.1. The summed E-state index contributed by atoms with van der Waals surface area (Å²) < 4.78 is 1.64. The van der Waals surface area contributed by atoms with E-state index in [1.165, 1.54) is 0 Å². The summed E-state index contributed by atoms with van der Waals surface area (Å²) in [5.74, 6) is 0. The molecule has 0 saturated heterocycles. The van der Waals surface area contributed by atoms with Gasteiger partial charge in [0.25, 0.3) is 0 Å². The van der Waals surface area contributed by atoms with Crippen LogP contribution in [0.15, 0.2) is 16.7 Å². The predicted molar refractivity (Wildman–Crippen MR) is 49.7 cm³/mol. The lowest BCUT2D eigenvalue weighted by atomic mass is 10.5. The predicted octanol–water partition coefficient (Wildman–Crippen LogP) is 3.10. The Morgan fingerprint density at radius 1 is 1.56 bits per heavy atom. The number of nitrogens with zero attached hydrogens (tertiary/aromatic N) is 1. The Labute approximate surface area is 80.1 Å². The lowest BCUT2D eigenvalue weighted by Gasteiger charge is -1.92. The second-order valence-corrected chi connectivity index (χ2v) is 3.65. The molecule has 1 nitrogen and oxygen atoms in total. The van der Waals surface area contributed by atoms with Gasteiger partial charge < -0.3 is 0 Å². The van der Waals surface area contributed by atoms with Crippen molar-refractivity contribution in [3.05, 3.63) is 25.5 Å². The quantitative estimate of drug-likeness (QED) is 0.529. The smallest absolute Gasteiger partial charge is 0.121 e. The van der Waals surface area contributed by atoms with E-state index in [1.54, 1.807) is 6.07 Å².